The average molecular weight is 262 g/mol. The fourth-order valence-electron chi connectivity index (χ4n) is 1.56. The summed E-state index contributed by atoms with van der Waals surface area (Å²) in [5.41, 5.74) is 1.13. The number of esters is 1. The van der Waals surface area contributed by atoms with Gasteiger partial charge in [0.05, 0.1) is 12.8 Å². The van der Waals surface area contributed by atoms with Crippen LogP contribution in [0, 0.1) is 0 Å². The number of aromatic nitrogens is 2. The smallest absolute Gasteiger partial charge is 0.318 e. The van der Waals surface area contributed by atoms with E-state index in [0.717, 1.165) is 16.3 Å². The molecule has 18 heavy (non-hydrogen) atoms. The molecule has 0 aliphatic carbocycles. The highest BCUT2D eigenvalue weighted by atomic mass is 32.1. The van der Waals surface area contributed by atoms with E-state index in [1.54, 1.807) is 12.4 Å². The highest BCUT2D eigenvalue weighted by molar-refractivity contribution is 7.10. The molecule has 0 saturated carbocycles. The lowest BCUT2D eigenvalue weighted by atomic mass is 9.95. The van der Waals surface area contributed by atoms with Gasteiger partial charge < -0.3 is 4.74 Å². The minimum Gasteiger partial charge on any atom is -0.468 e. The summed E-state index contributed by atoms with van der Waals surface area (Å²) in [5.74, 6) is -0.280. The van der Waals surface area contributed by atoms with E-state index in [2.05, 4.69) is 9.97 Å². The van der Waals surface area contributed by atoms with Crippen LogP contribution in [-0.4, -0.2) is 23.0 Å². The molecule has 0 atom stereocenters. The molecule has 0 aromatic carbocycles. The van der Waals surface area contributed by atoms with E-state index in [-0.39, 0.29) is 5.97 Å². The first kappa shape index (κ1) is 12.7. The van der Waals surface area contributed by atoms with Crippen molar-refractivity contribution < 1.29 is 9.53 Å². The summed E-state index contributed by atoms with van der Waals surface area (Å²) >= 11 is 1.46. The topological polar surface area (TPSA) is 52.1 Å². The maximum atomic E-state index is 11.7. The Kier molecular flexibility index (Phi) is 3.43. The Bertz CT molecular complexity index is 549. The molecule has 0 saturated heterocycles. The minimum atomic E-state index is -0.718. The zero-order valence-corrected chi connectivity index (χ0v) is 11.3. The Morgan fingerprint density at radius 2 is 2.00 bits per heavy atom. The van der Waals surface area contributed by atoms with Gasteiger partial charge in [-0.05, 0) is 26.0 Å². The third-order valence-corrected chi connectivity index (χ3v) is 3.88. The van der Waals surface area contributed by atoms with E-state index in [4.69, 9.17) is 4.74 Å². The van der Waals surface area contributed by atoms with Crippen LogP contribution in [-0.2, 0) is 14.9 Å². The highest BCUT2D eigenvalue weighted by Crippen LogP contribution is 2.30. The molecular formula is C13H14N2O2S. The van der Waals surface area contributed by atoms with Gasteiger partial charge >= 0.3 is 5.97 Å². The monoisotopic (exact) mass is 262 g/mol. The zero-order chi connectivity index (χ0) is 13.2. The number of pyridine rings is 1. The van der Waals surface area contributed by atoms with Crippen molar-refractivity contribution in [3.8, 4) is 11.3 Å². The largest absolute Gasteiger partial charge is 0.468 e. The van der Waals surface area contributed by atoms with Gasteiger partial charge in [0.25, 0.3) is 0 Å². The van der Waals surface area contributed by atoms with E-state index >= 15 is 0 Å². The maximum Gasteiger partial charge on any atom is 0.318 e. The summed E-state index contributed by atoms with van der Waals surface area (Å²) in [5, 5.41) is 2.69. The molecule has 4 nitrogen and oxygen atoms in total. The lowest BCUT2D eigenvalue weighted by Crippen LogP contribution is -2.30. The van der Waals surface area contributed by atoms with Crippen molar-refractivity contribution in [1.29, 1.82) is 0 Å². The van der Waals surface area contributed by atoms with Crippen LogP contribution in [0.5, 0.6) is 0 Å². The molecule has 0 amide bonds. The number of ether oxygens (including phenoxy) is 1. The molecule has 0 bridgehead atoms. The summed E-state index contributed by atoms with van der Waals surface area (Å²) < 4.78 is 4.80. The van der Waals surface area contributed by atoms with Crippen molar-refractivity contribution in [2.45, 2.75) is 19.3 Å². The first-order chi connectivity index (χ1) is 8.55. The van der Waals surface area contributed by atoms with E-state index in [0.29, 0.717) is 0 Å². The van der Waals surface area contributed by atoms with Crippen LogP contribution >= 0.6 is 11.3 Å². The van der Waals surface area contributed by atoms with Crippen molar-refractivity contribution in [3.63, 3.8) is 0 Å². The van der Waals surface area contributed by atoms with Crippen LogP contribution < -0.4 is 0 Å². The molecule has 2 aromatic rings. The fraction of sp³-hybridized carbons (Fsp3) is 0.308. The lowest BCUT2D eigenvalue weighted by Gasteiger charge is -2.18. The number of rotatable bonds is 3. The van der Waals surface area contributed by atoms with Gasteiger partial charge in [0.1, 0.15) is 10.4 Å². The third-order valence-electron chi connectivity index (χ3n) is 2.71. The van der Waals surface area contributed by atoms with Gasteiger partial charge in [0.15, 0.2) is 0 Å². The van der Waals surface area contributed by atoms with Crippen LogP contribution in [0.2, 0.25) is 0 Å². The zero-order valence-electron chi connectivity index (χ0n) is 10.5. The Balaban J connectivity index is 2.34. The maximum absolute atomic E-state index is 11.7. The molecule has 0 unspecified atom stereocenters. The summed E-state index contributed by atoms with van der Waals surface area (Å²) in [6, 6.07) is 3.79. The molecule has 0 N–H and O–H groups in total. The molecule has 2 rings (SSSR count). The highest BCUT2D eigenvalue weighted by Gasteiger charge is 2.34. The van der Waals surface area contributed by atoms with Gasteiger partial charge in [-0.1, -0.05) is 0 Å². The summed E-state index contributed by atoms with van der Waals surface area (Å²) in [7, 11) is 1.39. The summed E-state index contributed by atoms with van der Waals surface area (Å²) in [4.78, 5) is 20.2. The number of hydrogen-bond acceptors (Lipinski definition) is 5. The predicted molar refractivity (Wildman–Crippen MR) is 70.4 cm³/mol. The van der Waals surface area contributed by atoms with Gasteiger partial charge in [-0.25, -0.2) is 4.98 Å². The first-order valence-corrected chi connectivity index (χ1v) is 6.38. The third kappa shape index (κ3) is 2.26. The van der Waals surface area contributed by atoms with Crippen molar-refractivity contribution in [2.24, 2.45) is 0 Å². The number of carbonyl (C=O) groups is 1. The van der Waals surface area contributed by atoms with Crippen LogP contribution in [0.4, 0.5) is 0 Å². The van der Waals surface area contributed by atoms with Crippen molar-refractivity contribution in [2.75, 3.05) is 7.11 Å². The number of nitrogens with zero attached hydrogens (tertiary/aromatic N) is 2. The van der Waals surface area contributed by atoms with Crippen LogP contribution in [0.25, 0.3) is 11.3 Å². The standard InChI is InChI=1S/C13H14N2O2S/c1-13(2,12(16)17-3)11-15-10(8-18-11)9-4-6-14-7-5-9/h4-8H,1-3H3. The SMILES string of the molecule is COC(=O)C(C)(C)c1nc(-c2ccncc2)cs1. The number of hydrogen-bond donors (Lipinski definition) is 0. The summed E-state index contributed by atoms with van der Waals surface area (Å²) in [6.45, 7) is 3.63. The number of methoxy groups -OCH3 is 1. The fourth-order valence-corrected chi connectivity index (χ4v) is 2.50. The van der Waals surface area contributed by atoms with Crippen LogP contribution in [0.1, 0.15) is 18.9 Å². The average Bonchev–Trinajstić information content (AvgIpc) is 2.89. The van der Waals surface area contributed by atoms with Gasteiger partial charge in [-0.2, -0.15) is 0 Å². The van der Waals surface area contributed by atoms with Crippen LogP contribution in [0.15, 0.2) is 29.9 Å². The lowest BCUT2D eigenvalue weighted by molar-refractivity contribution is -0.146. The Morgan fingerprint density at radius 1 is 1.33 bits per heavy atom. The molecule has 5 heteroatoms. The van der Waals surface area contributed by atoms with E-state index in [1.165, 1.54) is 18.4 Å². The molecule has 0 radical (unpaired) electrons. The van der Waals surface area contributed by atoms with Gasteiger partial charge in [0.2, 0.25) is 0 Å². The van der Waals surface area contributed by atoms with Gasteiger partial charge in [-0.3, -0.25) is 9.78 Å². The quantitative estimate of drug-likeness (QED) is 0.798. The second-order valence-electron chi connectivity index (χ2n) is 4.39. The minimum absolute atomic E-state index is 0.280. The second kappa shape index (κ2) is 4.86. The van der Waals surface area contributed by atoms with E-state index in [1.807, 2.05) is 31.4 Å². The van der Waals surface area contributed by atoms with E-state index in [9.17, 15) is 4.79 Å². The molecule has 2 aromatic heterocycles. The Labute approximate surface area is 110 Å². The van der Waals surface area contributed by atoms with Crippen molar-refractivity contribution in [3.05, 3.63) is 34.9 Å². The predicted octanol–water partition coefficient (Wildman–Crippen LogP) is 2.66. The van der Waals surface area contributed by atoms with E-state index < -0.39 is 5.41 Å². The first-order valence-electron chi connectivity index (χ1n) is 5.50. The molecule has 0 aliphatic rings. The van der Waals surface area contributed by atoms with Crippen molar-refractivity contribution >= 4 is 17.3 Å². The number of thiazole rings is 1. The second-order valence-corrected chi connectivity index (χ2v) is 5.25. The Morgan fingerprint density at radius 3 is 2.61 bits per heavy atom. The van der Waals surface area contributed by atoms with Crippen LogP contribution in [0.3, 0.4) is 0 Å². The number of carbonyl (C=O) groups excluding carboxylic acids is 1. The van der Waals surface area contributed by atoms with Gasteiger partial charge in [-0.15, -0.1) is 11.3 Å². The molecule has 0 aliphatic heterocycles. The molecule has 2 heterocycles. The molecule has 0 spiro atoms. The molecule has 94 valence electrons. The summed E-state index contributed by atoms with van der Waals surface area (Å²) in [6.07, 6.45) is 3.44. The van der Waals surface area contributed by atoms with Gasteiger partial charge in [0, 0.05) is 23.3 Å². The normalized spacial score (nSPS) is 11.3. The molecule has 0 fully saturated rings. The van der Waals surface area contributed by atoms with Crippen molar-refractivity contribution in [1.82, 2.24) is 9.97 Å². The Hall–Kier alpha value is -1.75. The molecular weight excluding hydrogens is 248 g/mol.